The molecule has 0 bridgehead atoms. The summed E-state index contributed by atoms with van der Waals surface area (Å²) in [6.07, 6.45) is 0.432. The van der Waals surface area contributed by atoms with Crippen LogP contribution in [0.2, 0.25) is 0 Å². The average molecular weight is 245 g/mol. The maximum Gasteiger partial charge on any atom is 0.146 e. The second-order valence-corrected chi connectivity index (χ2v) is 4.55. The van der Waals surface area contributed by atoms with E-state index in [9.17, 15) is 4.39 Å². The van der Waals surface area contributed by atoms with E-state index in [1.54, 1.807) is 6.92 Å². The number of rotatable bonds is 0. The Morgan fingerprint density at radius 1 is 1.54 bits per heavy atom. The molecule has 0 aromatic heterocycles. The maximum absolute atomic E-state index is 13.5. The van der Waals surface area contributed by atoms with Crippen molar-refractivity contribution >= 4 is 15.9 Å². The molecular weight excluding hydrogens is 235 g/mol. The van der Waals surface area contributed by atoms with Crippen LogP contribution in [0.25, 0.3) is 0 Å². The summed E-state index contributed by atoms with van der Waals surface area (Å²) in [7, 11) is 0. The maximum atomic E-state index is 13.5. The third-order valence-electron chi connectivity index (χ3n) is 2.11. The first-order chi connectivity index (χ1) is 6.07. The van der Waals surface area contributed by atoms with Crippen LogP contribution in [0, 0.1) is 0 Å². The van der Waals surface area contributed by atoms with Crippen LogP contribution in [0.3, 0.4) is 0 Å². The largest absolute Gasteiger partial charge is 0.490 e. The van der Waals surface area contributed by atoms with Crippen molar-refractivity contribution < 1.29 is 9.13 Å². The van der Waals surface area contributed by atoms with Crippen LogP contribution in [-0.2, 0) is 6.42 Å². The topological polar surface area (TPSA) is 9.23 Å². The predicted octanol–water partition coefficient (Wildman–Crippen LogP) is 3.11. The number of halogens is 2. The molecule has 0 radical (unpaired) electrons. The molecule has 0 aliphatic carbocycles. The minimum absolute atomic E-state index is 0.154. The number of ether oxygens (including phenoxy) is 1. The van der Waals surface area contributed by atoms with Gasteiger partial charge in [-0.15, -0.1) is 0 Å². The van der Waals surface area contributed by atoms with Gasteiger partial charge in [-0.25, -0.2) is 4.39 Å². The third-order valence-corrected chi connectivity index (χ3v) is 2.60. The van der Waals surface area contributed by atoms with E-state index in [0.29, 0.717) is 6.42 Å². The molecule has 0 amide bonds. The van der Waals surface area contributed by atoms with Gasteiger partial charge in [0.25, 0.3) is 0 Å². The first-order valence-electron chi connectivity index (χ1n) is 4.17. The molecule has 13 heavy (non-hydrogen) atoms. The highest BCUT2D eigenvalue weighted by Crippen LogP contribution is 2.33. The van der Waals surface area contributed by atoms with Crippen molar-refractivity contribution in [3.8, 4) is 5.75 Å². The van der Waals surface area contributed by atoms with Crippen molar-refractivity contribution in [1.29, 1.82) is 0 Å². The van der Waals surface area contributed by atoms with E-state index in [-0.39, 0.29) is 6.61 Å². The minimum Gasteiger partial charge on any atom is -0.490 e. The van der Waals surface area contributed by atoms with Gasteiger partial charge < -0.3 is 4.74 Å². The van der Waals surface area contributed by atoms with Gasteiger partial charge in [0.15, 0.2) is 0 Å². The molecule has 0 spiro atoms. The lowest BCUT2D eigenvalue weighted by Crippen LogP contribution is -2.33. The van der Waals surface area contributed by atoms with Crippen LogP contribution in [0.5, 0.6) is 5.75 Å². The summed E-state index contributed by atoms with van der Waals surface area (Å²) >= 11 is 3.35. The molecule has 1 aliphatic heterocycles. The fourth-order valence-electron chi connectivity index (χ4n) is 1.50. The van der Waals surface area contributed by atoms with Crippen molar-refractivity contribution in [3.05, 3.63) is 28.2 Å². The second kappa shape index (κ2) is 2.98. The van der Waals surface area contributed by atoms with E-state index in [0.717, 1.165) is 15.8 Å². The van der Waals surface area contributed by atoms with Gasteiger partial charge in [-0.1, -0.05) is 15.9 Å². The number of hydrogen-bond acceptors (Lipinski definition) is 1. The van der Waals surface area contributed by atoms with E-state index in [1.807, 2.05) is 18.2 Å². The van der Waals surface area contributed by atoms with Crippen LogP contribution in [-0.4, -0.2) is 12.3 Å². The number of alkyl halides is 1. The van der Waals surface area contributed by atoms with E-state index < -0.39 is 5.67 Å². The van der Waals surface area contributed by atoms with Gasteiger partial charge in [0.1, 0.15) is 18.0 Å². The summed E-state index contributed by atoms with van der Waals surface area (Å²) in [5, 5.41) is 0. The average Bonchev–Trinajstić information content (AvgIpc) is 2.01. The van der Waals surface area contributed by atoms with Gasteiger partial charge in [-0.3, -0.25) is 0 Å². The van der Waals surface area contributed by atoms with Gasteiger partial charge in [-0.05, 0) is 30.7 Å². The molecule has 0 unspecified atom stereocenters. The fourth-order valence-corrected chi connectivity index (χ4v) is 1.91. The molecule has 0 saturated heterocycles. The van der Waals surface area contributed by atoms with Crippen LogP contribution in [0.1, 0.15) is 12.5 Å². The molecule has 2 rings (SSSR count). The minimum atomic E-state index is -1.23. The Balaban J connectivity index is 2.38. The predicted molar refractivity (Wildman–Crippen MR) is 52.9 cm³/mol. The summed E-state index contributed by atoms with van der Waals surface area (Å²) in [5.41, 5.74) is -0.293. The van der Waals surface area contributed by atoms with E-state index in [4.69, 9.17) is 4.74 Å². The zero-order valence-corrected chi connectivity index (χ0v) is 8.90. The van der Waals surface area contributed by atoms with Gasteiger partial charge >= 0.3 is 0 Å². The Kier molecular flexibility index (Phi) is 2.06. The molecule has 1 nitrogen and oxygen atoms in total. The molecular formula is C10H10BrFO. The number of fused-ring (bicyclic) bond motifs is 1. The second-order valence-electron chi connectivity index (χ2n) is 3.63. The van der Waals surface area contributed by atoms with Crippen LogP contribution in [0.15, 0.2) is 22.7 Å². The Labute approximate surface area is 85.0 Å². The lowest BCUT2D eigenvalue weighted by molar-refractivity contribution is 0.0844. The summed E-state index contributed by atoms with van der Waals surface area (Å²) < 4.78 is 19.8. The van der Waals surface area contributed by atoms with Gasteiger partial charge in [0.05, 0.1) is 0 Å². The molecule has 1 heterocycles. The van der Waals surface area contributed by atoms with Crippen molar-refractivity contribution in [2.24, 2.45) is 0 Å². The summed E-state index contributed by atoms with van der Waals surface area (Å²) in [6, 6.07) is 5.68. The molecule has 1 aromatic rings. The quantitative estimate of drug-likeness (QED) is 0.682. The lowest BCUT2D eigenvalue weighted by atomic mass is 9.96. The lowest BCUT2D eigenvalue weighted by Gasteiger charge is -2.27. The molecule has 0 fully saturated rings. The van der Waals surface area contributed by atoms with Gasteiger partial charge in [0, 0.05) is 10.9 Å². The summed E-state index contributed by atoms with van der Waals surface area (Å²) in [4.78, 5) is 0. The number of hydrogen-bond donors (Lipinski definition) is 0. The summed E-state index contributed by atoms with van der Waals surface area (Å²) in [6.45, 7) is 1.72. The third kappa shape index (κ3) is 1.85. The van der Waals surface area contributed by atoms with Gasteiger partial charge in [0.2, 0.25) is 0 Å². The van der Waals surface area contributed by atoms with Crippen molar-refractivity contribution in [1.82, 2.24) is 0 Å². The first-order valence-corrected chi connectivity index (χ1v) is 4.96. The van der Waals surface area contributed by atoms with Crippen molar-refractivity contribution in [2.75, 3.05) is 6.61 Å². The first kappa shape index (κ1) is 9.00. The molecule has 0 saturated carbocycles. The van der Waals surface area contributed by atoms with Crippen LogP contribution < -0.4 is 4.74 Å². The van der Waals surface area contributed by atoms with Crippen LogP contribution >= 0.6 is 15.9 Å². The van der Waals surface area contributed by atoms with Crippen LogP contribution in [0.4, 0.5) is 4.39 Å². The van der Waals surface area contributed by atoms with E-state index >= 15 is 0 Å². The monoisotopic (exact) mass is 244 g/mol. The fraction of sp³-hybridized carbons (Fsp3) is 0.400. The normalized spacial score (nSPS) is 26.4. The SMILES string of the molecule is C[C@]1(F)COc2ccc(Br)cc2C1. The Morgan fingerprint density at radius 2 is 2.31 bits per heavy atom. The molecule has 1 aliphatic rings. The molecule has 70 valence electrons. The highest BCUT2D eigenvalue weighted by Gasteiger charge is 2.30. The Hall–Kier alpha value is -0.570. The molecule has 0 N–H and O–H groups in total. The molecule has 1 aromatic carbocycles. The highest BCUT2D eigenvalue weighted by molar-refractivity contribution is 9.10. The Morgan fingerprint density at radius 3 is 3.08 bits per heavy atom. The van der Waals surface area contributed by atoms with E-state index in [1.165, 1.54) is 0 Å². The number of benzene rings is 1. The zero-order chi connectivity index (χ0) is 9.47. The smallest absolute Gasteiger partial charge is 0.146 e. The molecule has 3 heteroatoms. The molecule has 1 atom stereocenters. The highest BCUT2D eigenvalue weighted by atomic mass is 79.9. The Bertz CT molecular complexity index is 336. The summed E-state index contributed by atoms with van der Waals surface area (Å²) in [5.74, 6) is 0.804. The zero-order valence-electron chi connectivity index (χ0n) is 7.31. The van der Waals surface area contributed by atoms with Gasteiger partial charge in [-0.2, -0.15) is 0 Å². The van der Waals surface area contributed by atoms with Crippen molar-refractivity contribution in [2.45, 2.75) is 19.0 Å². The standard InChI is InChI=1S/C10H10BrFO/c1-10(12)5-7-4-8(11)2-3-9(7)13-6-10/h2-4H,5-6H2,1H3/t10-/m1/s1. The van der Waals surface area contributed by atoms with E-state index in [2.05, 4.69) is 15.9 Å². The van der Waals surface area contributed by atoms with Crippen molar-refractivity contribution in [3.63, 3.8) is 0 Å².